The van der Waals surface area contributed by atoms with Crippen molar-refractivity contribution in [2.24, 2.45) is 0 Å². The van der Waals surface area contributed by atoms with Gasteiger partial charge in [0, 0.05) is 0 Å². The first-order valence-electron chi connectivity index (χ1n) is 10.5. The maximum atomic E-state index is 6.57. The zero-order chi connectivity index (χ0) is 20.6. The predicted molar refractivity (Wildman–Crippen MR) is 130 cm³/mol. The van der Waals surface area contributed by atoms with Crippen LogP contribution in [0.1, 0.15) is 24.7 Å². The van der Waals surface area contributed by atoms with Crippen LogP contribution in [0.5, 0.6) is 0 Å². The zero-order valence-electron chi connectivity index (χ0n) is 17.2. The summed E-state index contributed by atoms with van der Waals surface area (Å²) < 4.78 is 10.9. The van der Waals surface area contributed by atoms with Crippen molar-refractivity contribution in [3.05, 3.63) is 102 Å². The van der Waals surface area contributed by atoms with Gasteiger partial charge in [-0.3, -0.25) is 0 Å². The minimum atomic E-state index is 0.233. The van der Waals surface area contributed by atoms with Crippen LogP contribution in [0, 0.1) is 0 Å². The molecule has 0 aliphatic heterocycles. The Balaban J connectivity index is 1.68. The van der Waals surface area contributed by atoms with Crippen LogP contribution in [0.2, 0.25) is 5.32 Å². The van der Waals surface area contributed by atoms with Gasteiger partial charge in [0.1, 0.15) is 0 Å². The summed E-state index contributed by atoms with van der Waals surface area (Å²) in [5.74, 6) is 2.29. The summed E-state index contributed by atoms with van der Waals surface area (Å²) in [6.07, 6.45) is 3.22. The van der Waals surface area contributed by atoms with Gasteiger partial charge >= 0.3 is 193 Å². The van der Waals surface area contributed by atoms with Gasteiger partial charge in [0.05, 0.1) is 0 Å². The molecule has 0 radical (unpaired) electrons. The second kappa shape index (κ2) is 10.8. The first kappa shape index (κ1) is 21.2. The number of aryl methyl sites for hydroxylation is 1. The van der Waals surface area contributed by atoms with Crippen LogP contribution in [-0.2, 0) is 12.8 Å². The van der Waals surface area contributed by atoms with E-state index in [1.54, 1.807) is 0 Å². The predicted octanol–water partition coefficient (Wildman–Crippen LogP) is 4.54. The van der Waals surface area contributed by atoms with Gasteiger partial charge in [0.25, 0.3) is 0 Å². The molecule has 1 heterocycles. The molecule has 4 aromatic rings. The summed E-state index contributed by atoms with van der Waals surface area (Å²) in [6.45, 7) is 2.24. The van der Waals surface area contributed by atoms with Gasteiger partial charge in [-0.05, 0) is 0 Å². The van der Waals surface area contributed by atoms with Crippen molar-refractivity contribution >= 4 is 43.3 Å². The van der Waals surface area contributed by atoms with E-state index < -0.39 is 0 Å². The molecule has 0 atom stereocenters. The zero-order valence-corrected chi connectivity index (χ0v) is 20.6. The van der Waals surface area contributed by atoms with Crippen molar-refractivity contribution in [1.82, 2.24) is 0 Å². The van der Waals surface area contributed by atoms with Crippen LogP contribution in [0.15, 0.2) is 95.4 Å². The first-order chi connectivity index (χ1) is 14.8. The molecule has 0 saturated carbocycles. The molecule has 0 saturated heterocycles. The average molecular weight is 524 g/mol. The molecule has 0 N–H and O–H groups in total. The molecule has 0 unspecified atom stereocenters. The molecule has 0 fully saturated rings. The van der Waals surface area contributed by atoms with Gasteiger partial charge < -0.3 is 0 Å². The Morgan fingerprint density at radius 3 is 1.93 bits per heavy atom. The standard InChI is InChI=1S/C27H26OSe2/c1-2-12-25-24(19-20-29-22-15-8-4-9-16-22)27(30-23-17-10-5-11-18-23)26(28-25)21-13-6-3-7-14-21/h3-11,13-18H,2,12,19-20H2,1H3. The maximum absolute atomic E-state index is 6.57. The molecule has 152 valence electrons. The van der Waals surface area contributed by atoms with Crippen LogP contribution in [0.25, 0.3) is 11.3 Å². The Bertz CT molecular complexity index is 1040. The summed E-state index contributed by atoms with van der Waals surface area (Å²) in [4.78, 5) is 0. The number of rotatable bonds is 9. The van der Waals surface area contributed by atoms with Crippen LogP contribution in [-0.4, -0.2) is 29.9 Å². The van der Waals surface area contributed by atoms with E-state index in [4.69, 9.17) is 4.42 Å². The molecule has 1 aromatic heterocycles. The van der Waals surface area contributed by atoms with Crippen LogP contribution in [0.4, 0.5) is 0 Å². The molecule has 3 heteroatoms. The summed E-state index contributed by atoms with van der Waals surface area (Å²) in [5, 5.41) is 1.21. The van der Waals surface area contributed by atoms with Crippen molar-refractivity contribution < 1.29 is 4.42 Å². The fraction of sp³-hybridized carbons (Fsp3) is 0.185. The molecule has 1 nitrogen and oxygen atoms in total. The second-order valence-corrected chi connectivity index (χ2v) is 11.8. The number of hydrogen-bond donors (Lipinski definition) is 0. The second-order valence-electron chi connectivity index (χ2n) is 7.10. The van der Waals surface area contributed by atoms with Crippen molar-refractivity contribution in [2.45, 2.75) is 31.5 Å². The van der Waals surface area contributed by atoms with E-state index in [2.05, 4.69) is 97.9 Å². The Kier molecular flexibility index (Phi) is 7.67. The topological polar surface area (TPSA) is 13.1 Å². The van der Waals surface area contributed by atoms with Crippen molar-refractivity contribution in [3.8, 4) is 11.3 Å². The Hall–Kier alpha value is -2.02. The van der Waals surface area contributed by atoms with Gasteiger partial charge in [-0.1, -0.05) is 0 Å². The van der Waals surface area contributed by atoms with E-state index in [-0.39, 0.29) is 15.0 Å². The summed E-state index contributed by atoms with van der Waals surface area (Å²) in [5.41, 5.74) is 2.67. The third kappa shape index (κ3) is 5.36. The summed E-state index contributed by atoms with van der Waals surface area (Å²) >= 11 is 0.725. The molecule has 0 aliphatic carbocycles. The van der Waals surface area contributed by atoms with Crippen LogP contribution in [0.3, 0.4) is 0 Å². The molecule has 4 rings (SSSR count). The number of furan rings is 1. The first-order valence-corrected chi connectivity index (χ1v) is 14.2. The van der Waals surface area contributed by atoms with E-state index in [0.717, 1.165) is 25.0 Å². The normalized spacial score (nSPS) is 11.0. The minimum absolute atomic E-state index is 0.233. The SMILES string of the molecule is CCCc1oc(-c2ccccc2)c([Se]c2ccccc2)c1CC[Se]c1ccccc1. The Morgan fingerprint density at radius 2 is 1.30 bits per heavy atom. The fourth-order valence-corrected chi connectivity index (χ4v) is 7.68. The van der Waals surface area contributed by atoms with Gasteiger partial charge in [0.2, 0.25) is 0 Å². The Morgan fingerprint density at radius 1 is 0.700 bits per heavy atom. The van der Waals surface area contributed by atoms with E-state index >= 15 is 0 Å². The quantitative estimate of drug-likeness (QED) is 0.293. The van der Waals surface area contributed by atoms with E-state index in [1.807, 2.05) is 0 Å². The molecule has 3 aromatic carbocycles. The van der Waals surface area contributed by atoms with E-state index in [1.165, 1.54) is 35.6 Å². The van der Waals surface area contributed by atoms with Gasteiger partial charge in [-0.15, -0.1) is 0 Å². The molecule has 30 heavy (non-hydrogen) atoms. The summed E-state index contributed by atoms with van der Waals surface area (Å²) in [6, 6.07) is 32.4. The van der Waals surface area contributed by atoms with Crippen molar-refractivity contribution in [2.75, 3.05) is 0 Å². The van der Waals surface area contributed by atoms with Crippen LogP contribution >= 0.6 is 0 Å². The van der Waals surface area contributed by atoms with Gasteiger partial charge in [-0.25, -0.2) is 0 Å². The average Bonchev–Trinajstić information content (AvgIpc) is 3.13. The molecule has 0 bridgehead atoms. The van der Waals surface area contributed by atoms with E-state index in [9.17, 15) is 0 Å². The molecule has 0 spiro atoms. The monoisotopic (exact) mass is 526 g/mol. The summed E-state index contributed by atoms with van der Waals surface area (Å²) in [7, 11) is 0. The van der Waals surface area contributed by atoms with E-state index in [0.29, 0.717) is 15.0 Å². The van der Waals surface area contributed by atoms with Crippen molar-refractivity contribution in [1.29, 1.82) is 0 Å². The number of benzene rings is 3. The molecule has 0 amide bonds. The van der Waals surface area contributed by atoms with Gasteiger partial charge in [0.15, 0.2) is 0 Å². The van der Waals surface area contributed by atoms with Crippen LogP contribution < -0.4 is 13.4 Å². The number of hydrogen-bond acceptors (Lipinski definition) is 1. The molecular formula is C27H26OSe2. The third-order valence-corrected chi connectivity index (χ3v) is 9.41. The van der Waals surface area contributed by atoms with Gasteiger partial charge in [-0.2, -0.15) is 0 Å². The molecular weight excluding hydrogens is 498 g/mol. The fourth-order valence-electron chi connectivity index (χ4n) is 3.46. The third-order valence-electron chi connectivity index (χ3n) is 4.88. The molecule has 0 aliphatic rings. The Labute approximate surface area is 192 Å². The van der Waals surface area contributed by atoms with Crippen molar-refractivity contribution in [3.63, 3.8) is 0 Å².